The van der Waals surface area contributed by atoms with Gasteiger partial charge in [-0.2, -0.15) is 0 Å². The van der Waals surface area contributed by atoms with Crippen LogP contribution in [0.3, 0.4) is 0 Å². The van der Waals surface area contributed by atoms with Crippen LogP contribution in [-0.4, -0.2) is 22.4 Å². The highest BCUT2D eigenvalue weighted by molar-refractivity contribution is 6.35. The van der Waals surface area contributed by atoms with Crippen molar-refractivity contribution in [3.63, 3.8) is 0 Å². The van der Waals surface area contributed by atoms with Gasteiger partial charge in [0.2, 0.25) is 0 Å². The molecule has 3 aromatic rings. The first kappa shape index (κ1) is 14.1. The molecular formula is C16H11ClN4O. The number of benzene rings is 1. The Morgan fingerprint density at radius 1 is 1.36 bits per heavy atom. The van der Waals surface area contributed by atoms with Crippen LogP contribution < -0.4 is 5.32 Å². The average Bonchev–Trinajstić information content (AvgIpc) is 2.89. The second kappa shape index (κ2) is 5.88. The molecule has 2 N–H and O–H groups in total. The van der Waals surface area contributed by atoms with Crippen LogP contribution in [0, 0.1) is 6.57 Å². The fourth-order valence-corrected chi connectivity index (χ4v) is 2.38. The third kappa shape index (κ3) is 2.78. The van der Waals surface area contributed by atoms with Gasteiger partial charge in [-0.15, -0.1) is 0 Å². The number of anilines is 1. The molecule has 0 spiro atoms. The third-order valence-corrected chi connectivity index (χ3v) is 3.50. The predicted octanol–water partition coefficient (Wildman–Crippen LogP) is 3.74. The van der Waals surface area contributed by atoms with E-state index in [4.69, 9.17) is 18.2 Å². The molecule has 0 radical (unpaired) electrons. The minimum atomic E-state index is -0.325. The number of fused-ring (bicyclic) bond motifs is 1. The van der Waals surface area contributed by atoms with E-state index in [9.17, 15) is 4.79 Å². The summed E-state index contributed by atoms with van der Waals surface area (Å²) in [5.74, 6) is -0.325. The third-order valence-electron chi connectivity index (χ3n) is 3.18. The number of rotatable bonds is 3. The number of nitrogens with zero attached hydrogens (tertiary/aromatic N) is 2. The van der Waals surface area contributed by atoms with Crippen LogP contribution in [0.25, 0.3) is 27.0 Å². The summed E-state index contributed by atoms with van der Waals surface area (Å²) in [4.78, 5) is 21.9. The van der Waals surface area contributed by atoms with Gasteiger partial charge in [0.1, 0.15) is 5.65 Å². The van der Waals surface area contributed by atoms with E-state index in [1.54, 1.807) is 18.5 Å². The van der Waals surface area contributed by atoms with Crippen LogP contribution in [-0.2, 0) is 4.79 Å². The Hall–Kier alpha value is -2.84. The van der Waals surface area contributed by atoms with Gasteiger partial charge in [0.25, 0.3) is 6.54 Å². The van der Waals surface area contributed by atoms with E-state index in [-0.39, 0.29) is 12.5 Å². The Morgan fingerprint density at radius 2 is 2.23 bits per heavy atom. The van der Waals surface area contributed by atoms with Crippen molar-refractivity contribution in [2.45, 2.75) is 0 Å². The van der Waals surface area contributed by atoms with Gasteiger partial charge in [0, 0.05) is 29.0 Å². The largest absolute Gasteiger partial charge is 0.345 e. The summed E-state index contributed by atoms with van der Waals surface area (Å²) in [7, 11) is 0. The minimum Gasteiger partial charge on any atom is -0.345 e. The number of hydrogen-bond acceptors (Lipinski definition) is 2. The van der Waals surface area contributed by atoms with Crippen LogP contribution in [0.15, 0.2) is 42.7 Å². The summed E-state index contributed by atoms with van der Waals surface area (Å²) in [5, 5.41) is 4.16. The molecule has 3 rings (SSSR count). The van der Waals surface area contributed by atoms with Gasteiger partial charge >= 0.3 is 5.91 Å². The number of halogens is 1. The van der Waals surface area contributed by atoms with Gasteiger partial charge in [0.15, 0.2) is 0 Å². The second-order valence-corrected chi connectivity index (χ2v) is 5.11. The van der Waals surface area contributed by atoms with Gasteiger partial charge in [-0.3, -0.25) is 4.79 Å². The normalized spacial score (nSPS) is 10.4. The molecule has 0 unspecified atom stereocenters. The SMILES string of the molecule is [C-]#[N+]CC(=O)Nc1cccc(-c2cnc3[nH]cc(Cl)c3c2)c1. The smallest absolute Gasteiger partial charge is 0.304 e. The van der Waals surface area contributed by atoms with E-state index in [2.05, 4.69) is 20.1 Å². The first-order valence-corrected chi connectivity index (χ1v) is 6.91. The topological polar surface area (TPSA) is 62.1 Å². The van der Waals surface area contributed by atoms with E-state index in [0.29, 0.717) is 10.7 Å². The number of carbonyl (C=O) groups is 1. The van der Waals surface area contributed by atoms with E-state index in [1.807, 2.05) is 24.3 Å². The van der Waals surface area contributed by atoms with Gasteiger partial charge in [-0.25, -0.2) is 11.6 Å². The quantitative estimate of drug-likeness (QED) is 0.724. The van der Waals surface area contributed by atoms with E-state index in [0.717, 1.165) is 22.2 Å². The minimum absolute atomic E-state index is 0.184. The standard InChI is InChI=1S/C16H11ClN4O/c1-18-9-15(22)21-12-4-2-3-10(5-12)11-6-13-14(17)8-20-16(13)19-7-11/h2-8H,9H2,(H,19,20)(H,21,22). The summed E-state index contributed by atoms with van der Waals surface area (Å²) in [6, 6.07) is 9.33. The first-order chi connectivity index (χ1) is 10.7. The van der Waals surface area contributed by atoms with Crippen molar-refractivity contribution in [1.29, 1.82) is 0 Å². The lowest BCUT2D eigenvalue weighted by molar-refractivity contribution is -0.114. The zero-order valence-electron chi connectivity index (χ0n) is 11.4. The van der Waals surface area contributed by atoms with Crippen LogP contribution in [0.5, 0.6) is 0 Å². The molecule has 0 bridgehead atoms. The fourth-order valence-electron chi connectivity index (χ4n) is 2.18. The lowest BCUT2D eigenvalue weighted by Gasteiger charge is -2.06. The van der Waals surface area contributed by atoms with Crippen LogP contribution in [0.1, 0.15) is 0 Å². The van der Waals surface area contributed by atoms with Gasteiger partial charge < -0.3 is 15.1 Å². The molecule has 0 atom stereocenters. The number of aromatic nitrogens is 2. The summed E-state index contributed by atoms with van der Waals surface area (Å²) >= 11 is 6.11. The Kier molecular flexibility index (Phi) is 3.77. The molecule has 2 aromatic heterocycles. The van der Waals surface area contributed by atoms with E-state index < -0.39 is 0 Å². The van der Waals surface area contributed by atoms with Crippen molar-refractivity contribution >= 4 is 34.2 Å². The lowest BCUT2D eigenvalue weighted by atomic mass is 10.1. The maximum Gasteiger partial charge on any atom is 0.304 e. The Labute approximate surface area is 131 Å². The zero-order chi connectivity index (χ0) is 15.5. The predicted molar refractivity (Wildman–Crippen MR) is 86.6 cm³/mol. The zero-order valence-corrected chi connectivity index (χ0v) is 12.2. The molecule has 0 saturated carbocycles. The molecule has 1 amide bonds. The number of carbonyl (C=O) groups excluding carboxylic acids is 1. The summed E-state index contributed by atoms with van der Waals surface area (Å²) in [6.07, 6.45) is 3.44. The molecule has 108 valence electrons. The molecule has 0 aliphatic carbocycles. The molecule has 0 saturated heterocycles. The van der Waals surface area contributed by atoms with Crippen molar-refractivity contribution < 1.29 is 4.79 Å². The molecular weight excluding hydrogens is 300 g/mol. The summed E-state index contributed by atoms with van der Waals surface area (Å²) < 4.78 is 0. The Bertz CT molecular complexity index is 895. The van der Waals surface area contributed by atoms with Gasteiger partial charge in [-0.1, -0.05) is 23.7 Å². The van der Waals surface area contributed by atoms with Crippen LogP contribution >= 0.6 is 11.6 Å². The number of hydrogen-bond donors (Lipinski definition) is 2. The number of H-pyrrole nitrogens is 1. The molecule has 5 nitrogen and oxygen atoms in total. The molecule has 0 aliphatic heterocycles. The van der Waals surface area contributed by atoms with Crippen LogP contribution in [0.2, 0.25) is 5.02 Å². The lowest BCUT2D eigenvalue weighted by Crippen LogP contribution is -2.13. The monoisotopic (exact) mass is 310 g/mol. The second-order valence-electron chi connectivity index (χ2n) is 4.70. The maximum absolute atomic E-state index is 11.5. The number of nitrogens with one attached hydrogen (secondary N) is 2. The maximum atomic E-state index is 11.5. The fraction of sp³-hybridized carbons (Fsp3) is 0.0625. The summed E-state index contributed by atoms with van der Waals surface area (Å²) in [5.41, 5.74) is 3.18. The average molecular weight is 311 g/mol. The van der Waals surface area contributed by atoms with E-state index >= 15 is 0 Å². The Morgan fingerprint density at radius 3 is 3.05 bits per heavy atom. The highest BCUT2D eigenvalue weighted by Crippen LogP contribution is 2.28. The van der Waals surface area contributed by atoms with Crippen molar-refractivity contribution in [2.75, 3.05) is 11.9 Å². The molecule has 6 heteroatoms. The van der Waals surface area contributed by atoms with Crippen LogP contribution in [0.4, 0.5) is 5.69 Å². The highest BCUT2D eigenvalue weighted by atomic mass is 35.5. The molecule has 0 aliphatic rings. The summed E-state index contributed by atoms with van der Waals surface area (Å²) in [6.45, 7) is 6.51. The van der Waals surface area contributed by atoms with Gasteiger partial charge in [0.05, 0.1) is 5.02 Å². The molecule has 1 aromatic carbocycles. The van der Waals surface area contributed by atoms with Crippen molar-refractivity contribution in [3.05, 3.63) is 59.2 Å². The first-order valence-electron chi connectivity index (χ1n) is 6.53. The molecule has 0 fully saturated rings. The van der Waals surface area contributed by atoms with Crippen molar-refractivity contribution in [2.24, 2.45) is 0 Å². The van der Waals surface area contributed by atoms with E-state index in [1.165, 1.54) is 0 Å². The molecule has 22 heavy (non-hydrogen) atoms. The van der Waals surface area contributed by atoms with Gasteiger partial charge in [-0.05, 0) is 23.8 Å². The number of aromatic amines is 1. The van der Waals surface area contributed by atoms with Crippen molar-refractivity contribution in [1.82, 2.24) is 9.97 Å². The highest BCUT2D eigenvalue weighted by Gasteiger charge is 2.08. The van der Waals surface area contributed by atoms with Crippen molar-refractivity contribution in [3.8, 4) is 11.1 Å². The molecule has 2 heterocycles. The Balaban J connectivity index is 1.95. The number of pyridine rings is 1. The number of amides is 1.